The Morgan fingerprint density at radius 2 is 1.29 bits per heavy atom. The molecule has 13 rings (SSSR count). The first-order chi connectivity index (χ1) is 60.9. The topological polar surface area (TPSA) is 540 Å². The van der Waals surface area contributed by atoms with Crippen LogP contribution in [-0.4, -0.2) is 201 Å². The minimum Gasteiger partial charge on any atom is -0.508 e. The number of halogens is 3. The SMILES string of the molecule is CNC(=O)C1NC(=O)[C@@H](C)NC(=O)[C@H](CC(N)=O)NC(=O)[C@H](NC(=O)[C@@H](CC(C)C)NC)[C@H](O)c2ccc(c(Cl)c2)Oc2cccc(c2OC2OC(COS(=O)(=O)c3c(C)cc(C)cc3C)C(O)C(O)C2OC2CC(C)(NCc3ccc(-c4ccc(Cl)cc4)cc3)C(O)C(C)O2)Oc2ccc(cc2Cl)[C@@H](O)CC(=O)N[C@H](C(=O)O)c2cc(O)cc(O)c2-c2cc1ccc2O. The number of aromatic hydroxyl groups is 3. The van der Waals surface area contributed by atoms with Gasteiger partial charge in [0.05, 0.1) is 58.7 Å². The van der Waals surface area contributed by atoms with Crippen LogP contribution in [0.4, 0.5) is 0 Å². The maximum absolute atomic E-state index is 15.0. The number of benzene rings is 8. The summed E-state index contributed by atoms with van der Waals surface area (Å²) in [4.78, 5) is 112. The molecule has 0 aromatic heterocycles. The Balaban J connectivity index is 1.02. The summed E-state index contributed by atoms with van der Waals surface area (Å²) in [6, 6.07) is 23.6. The van der Waals surface area contributed by atoms with Gasteiger partial charge < -0.3 is 123 Å². The van der Waals surface area contributed by atoms with Crippen molar-refractivity contribution in [2.75, 3.05) is 20.7 Å². The molecule has 10 unspecified atom stereocenters. The molecule has 0 aliphatic carbocycles. The van der Waals surface area contributed by atoms with E-state index in [0.29, 0.717) is 16.1 Å². The van der Waals surface area contributed by atoms with Gasteiger partial charge in [0.1, 0.15) is 77.3 Å². The monoisotopic (exact) mass is 1860 g/mol. The molecular weight excluding hydrogens is 1760 g/mol. The quantitative estimate of drug-likeness (QED) is 0.0308. The molecule has 0 spiro atoms. The van der Waals surface area contributed by atoms with Crippen LogP contribution < -0.4 is 62.5 Å². The van der Waals surface area contributed by atoms with Crippen LogP contribution in [0.3, 0.4) is 0 Å². The highest BCUT2D eigenvalue weighted by Crippen LogP contribution is 2.49. The van der Waals surface area contributed by atoms with Crippen LogP contribution in [0.15, 0.2) is 150 Å². The number of fused-ring (bicyclic) bond motifs is 2. The molecule has 2 fully saturated rings. The number of phenolic OH excluding ortho intramolecular Hbond substituents is 3. The Labute approximate surface area is 757 Å². The third kappa shape index (κ3) is 23.7. The van der Waals surface area contributed by atoms with Crippen LogP contribution in [0.2, 0.25) is 15.1 Å². The number of carbonyl (C=O) groups is 8. The number of aryl methyl sites for hydroxylation is 3. The number of aliphatic carboxylic acids is 1. The van der Waals surface area contributed by atoms with Gasteiger partial charge in [-0.2, -0.15) is 8.42 Å². The number of carboxylic acid groups (broad SMARTS) is 1. The minimum absolute atomic E-state index is 0.0850. The molecule has 5 aliphatic heterocycles. The summed E-state index contributed by atoms with van der Waals surface area (Å²) in [5.41, 5.74) is 6.41. The number of hydrogen-bond donors (Lipinski definition) is 18. The number of primary amides is 1. The number of aliphatic hydroxyl groups is 5. The summed E-state index contributed by atoms with van der Waals surface area (Å²) in [5, 5.41) is 127. The number of carbonyl (C=O) groups excluding carboxylic acids is 7. The van der Waals surface area contributed by atoms with Crippen molar-refractivity contribution in [1.29, 1.82) is 0 Å². The number of ether oxygens (including phenoxy) is 6. The molecule has 8 aromatic carbocycles. The van der Waals surface area contributed by atoms with E-state index in [0.717, 1.165) is 65.6 Å². The van der Waals surface area contributed by atoms with Gasteiger partial charge in [-0.15, -0.1) is 0 Å². The number of nitrogens with two attached hydrogens (primary N) is 1. The molecule has 5 heterocycles. The lowest BCUT2D eigenvalue weighted by atomic mass is 9.84. The number of para-hydroxylation sites is 1. The number of nitrogens with one attached hydrogen (secondary N) is 8. The molecule has 7 amide bonds. The van der Waals surface area contributed by atoms with Crippen molar-refractivity contribution in [3.63, 3.8) is 0 Å². The minimum atomic E-state index is -4.70. The zero-order valence-corrected chi connectivity index (χ0v) is 74.6. The standard InChI is InChI=1S/C90H102Cl3N9O26S/c1-41(2)28-59(95-9)84(114)102-75-76(109)52-22-27-65(58(93)33-52)125-67-13-11-12-66(79(67)128-89-80(78(111)77(110)68(126-89)40-122-129(120,121)81-43(4)29-42(3)30-44(81)5)127-71-38-90(8,82(112)46(7)123-71)97-39-47-14-16-48(17-15-47)49-18-23-53(91)24-19-49)124-64-26-21-50(32-57(64)92)62(105)37-70(108)100-74(88(118)119)56-34-54(103)35-63(106)72(56)55-31-51(20-25-61(55)104)73(86(116)96-10)101-83(113)45(6)98-85(115)60(36-69(94)107)99-87(75)117/h11-27,29-35,41,45-46,59-60,62,68,71,73-78,80,82,89,95,97,103-106,109-112H,28,36-40H2,1-10H3,(H2,94,107)(H,96,116)(H,98,115)(H,99,117)(H,100,108)(H,101,113)(H,102,114)(H,118,119)/t45-,46?,59-,60+,62+,68?,71?,73?,74+,75-,76-,77?,78?,80?,82?,89?,90?/m1/s1. The van der Waals surface area contributed by atoms with E-state index < -0.39 is 220 Å². The molecule has 690 valence electrons. The molecule has 8 aromatic rings. The fourth-order valence-electron chi connectivity index (χ4n) is 15.5. The Bertz CT molecular complexity index is 5600. The molecule has 2 saturated heterocycles. The fraction of sp³-hybridized carbons (Fsp3) is 0.378. The Morgan fingerprint density at radius 3 is 1.89 bits per heavy atom. The van der Waals surface area contributed by atoms with Crippen molar-refractivity contribution in [3.05, 3.63) is 205 Å². The van der Waals surface area contributed by atoms with Crippen molar-refractivity contribution in [3.8, 4) is 68.2 Å². The molecule has 39 heteroatoms. The van der Waals surface area contributed by atoms with Crippen LogP contribution in [0.1, 0.15) is 129 Å². The molecule has 17 atom stereocenters. The van der Waals surface area contributed by atoms with E-state index in [1.54, 1.807) is 58.9 Å². The summed E-state index contributed by atoms with van der Waals surface area (Å²) >= 11 is 20.4. The third-order valence-corrected chi connectivity index (χ3v) is 24.6. The first kappa shape index (κ1) is 98.3. The highest BCUT2D eigenvalue weighted by atomic mass is 35.5. The Hall–Kier alpha value is -11.3. The normalized spacial score (nSPS) is 24.6. The Kier molecular flexibility index (Phi) is 32.1. The van der Waals surface area contributed by atoms with Crippen LogP contribution >= 0.6 is 34.8 Å². The van der Waals surface area contributed by atoms with Gasteiger partial charge >= 0.3 is 5.97 Å². The van der Waals surface area contributed by atoms with Crippen LogP contribution in [0.5, 0.6) is 46.0 Å². The second kappa shape index (κ2) is 42.1. The molecular formula is C90H102Cl3N9O26S. The highest BCUT2D eigenvalue weighted by molar-refractivity contribution is 7.86. The number of rotatable bonds is 21. The lowest BCUT2D eigenvalue weighted by Gasteiger charge is -2.48. The third-order valence-electron chi connectivity index (χ3n) is 22.2. The molecule has 0 radical (unpaired) electrons. The molecule has 0 saturated carbocycles. The second-order valence-electron chi connectivity index (χ2n) is 32.5. The first-order valence-electron chi connectivity index (χ1n) is 40.9. The van der Waals surface area contributed by atoms with Gasteiger partial charge in [-0.05, 0) is 172 Å². The zero-order chi connectivity index (χ0) is 94.1. The van der Waals surface area contributed by atoms with Gasteiger partial charge in [0.25, 0.3) is 10.1 Å². The van der Waals surface area contributed by atoms with Gasteiger partial charge in [-0.1, -0.05) is 127 Å². The first-order valence-corrected chi connectivity index (χ1v) is 43.5. The number of likely N-dealkylation sites (N-methyl/N-ethyl adjacent to an activating group) is 2. The van der Waals surface area contributed by atoms with Gasteiger partial charge in [0.2, 0.25) is 53.4 Å². The van der Waals surface area contributed by atoms with Crippen LogP contribution in [-0.2, 0) is 73.4 Å². The lowest BCUT2D eigenvalue weighted by molar-refractivity contribution is -0.334. The number of phenols is 3. The summed E-state index contributed by atoms with van der Waals surface area (Å²) in [7, 11) is -2.04. The smallest absolute Gasteiger partial charge is 0.330 e. The average Bonchev–Trinajstić information content (AvgIpc) is 0.774. The highest BCUT2D eigenvalue weighted by Gasteiger charge is 2.52. The zero-order valence-electron chi connectivity index (χ0n) is 71.5. The maximum atomic E-state index is 15.0. The number of hydrogen-bond acceptors (Lipinski definition) is 27. The number of amides is 7. The fourth-order valence-corrected chi connectivity index (χ4v) is 17.4. The van der Waals surface area contributed by atoms with Crippen molar-refractivity contribution in [2.45, 2.75) is 196 Å². The summed E-state index contributed by atoms with van der Waals surface area (Å²) < 4.78 is 73.9. The van der Waals surface area contributed by atoms with E-state index in [2.05, 4.69) is 42.5 Å². The van der Waals surface area contributed by atoms with E-state index in [9.17, 15) is 92.7 Å². The lowest BCUT2D eigenvalue weighted by Crippen LogP contribution is -2.65. The molecule has 129 heavy (non-hydrogen) atoms. The van der Waals surface area contributed by atoms with Crippen LogP contribution in [0, 0.1) is 26.7 Å². The summed E-state index contributed by atoms with van der Waals surface area (Å²) in [5.74, 6) is -13.8. The predicted molar refractivity (Wildman–Crippen MR) is 469 cm³/mol. The predicted octanol–water partition coefficient (Wildman–Crippen LogP) is 7.57. The van der Waals surface area contributed by atoms with E-state index >= 15 is 0 Å². The summed E-state index contributed by atoms with van der Waals surface area (Å²) in [6.07, 6.45) is -19.4. The van der Waals surface area contributed by atoms with Crippen molar-refractivity contribution in [1.82, 2.24) is 42.5 Å². The molecule has 5 aliphatic rings. The van der Waals surface area contributed by atoms with Gasteiger partial charge in [-0.25, -0.2) is 4.79 Å². The van der Waals surface area contributed by atoms with E-state index in [1.807, 2.05) is 50.2 Å². The average molecular weight is 1860 g/mol. The van der Waals surface area contributed by atoms with Crippen molar-refractivity contribution < 1.29 is 125 Å². The van der Waals surface area contributed by atoms with Gasteiger partial charge in [0.15, 0.2) is 29.9 Å². The number of aliphatic hydroxyl groups excluding tert-OH is 5. The van der Waals surface area contributed by atoms with E-state index in [1.165, 1.54) is 62.6 Å². The number of carboxylic acids is 1. The van der Waals surface area contributed by atoms with E-state index in [-0.39, 0.29) is 79.9 Å². The second-order valence-corrected chi connectivity index (χ2v) is 35.3. The maximum Gasteiger partial charge on any atom is 0.330 e. The van der Waals surface area contributed by atoms with Crippen LogP contribution in [0.25, 0.3) is 22.3 Å². The van der Waals surface area contributed by atoms with Crippen molar-refractivity contribution in [2.24, 2.45) is 11.7 Å². The van der Waals surface area contributed by atoms with E-state index in [4.69, 9.17) is 73.1 Å². The summed E-state index contributed by atoms with van der Waals surface area (Å²) in [6.45, 7) is 12.2. The largest absolute Gasteiger partial charge is 0.508 e. The van der Waals surface area contributed by atoms with Gasteiger partial charge in [-0.3, -0.25) is 37.7 Å². The molecule has 8 bridgehead atoms. The van der Waals surface area contributed by atoms with Crippen molar-refractivity contribution >= 4 is 92.2 Å². The Morgan fingerprint density at radius 1 is 0.682 bits per heavy atom. The molecule has 19 N–H and O–H groups in total. The molecule has 35 nitrogen and oxygen atoms in total. The van der Waals surface area contributed by atoms with Gasteiger partial charge in [0, 0.05) is 53.3 Å².